The Morgan fingerprint density at radius 3 is 2.38 bits per heavy atom. The molecule has 0 aliphatic heterocycles. The lowest BCUT2D eigenvalue weighted by atomic mass is 9.70. The molecule has 90 valence electrons. The number of halogens is 1. The number of ketones is 2. The smallest absolute Gasteiger partial charge is 0.323 e. The Morgan fingerprint density at radius 2 is 1.94 bits per heavy atom. The highest BCUT2D eigenvalue weighted by Gasteiger charge is 2.44. The minimum Gasteiger partial charge on any atom is -0.468 e. The molecule has 0 N–H and O–H groups in total. The van der Waals surface area contributed by atoms with E-state index in [-0.39, 0.29) is 18.0 Å². The number of carbonyl (C=O) groups excluding carboxylic acids is 3. The van der Waals surface area contributed by atoms with Crippen molar-refractivity contribution in [2.24, 2.45) is 5.41 Å². The standard InChI is InChI=1S/C11H15ClO4/c1-11(6-7(12)10(15)16-2)8(13)4-3-5-9(11)14/h7H,3-6H2,1-2H3. The predicted molar refractivity (Wildman–Crippen MR) is 58.2 cm³/mol. The molecule has 1 fully saturated rings. The fraction of sp³-hybridized carbons (Fsp3) is 0.727. The SMILES string of the molecule is COC(=O)C(Cl)CC1(C)C(=O)CCCC1=O. The van der Waals surface area contributed by atoms with Crippen LogP contribution < -0.4 is 0 Å². The lowest BCUT2D eigenvalue weighted by Crippen LogP contribution is -2.43. The number of ether oxygens (including phenoxy) is 1. The van der Waals surface area contributed by atoms with Gasteiger partial charge in [-0.15, -0.1) is 11.6 Å². The van der Waals surface area contributed by atoms with Gasteiger partial charge in [0.1, 0.15) is 16.9 Å². The number of rotatable bonds is 3. The van der Waals surface area contributed by atoms with Crippen molar-refractivity contribution in [1.82, 2.24) is 0 Å². The van der Waals surface area contributed by atoms with Crippen molar-refractivity contribution >= 4 is 29.1 Å². The summed E-state index contributed by atoms with van der Waals surface area (Å²) in [5.41, 5.74) is -1.11. The molecule has 1 atom stereocenters. The average molecular weight is 247 g/mol. The maximum absolute atomic E-state index is 11.7. The van der Waals surface area contributed by atoms with Crippen LogP contribution in [-0.2, 0) is 19.1 Å². The molecule has 0 spiro atoms. The molecule has 0 aromatic rings. The van der Waals surface area contributed by atoms with E-state index in [2.05, 4.69) is 4.74 Å². The lowest BCUT2D eigenvalue weighted by molar-refractivity contribution is -0.145. The molecule has 1 rings (SSSR count). The maximum atomic E-state index is 11.7. The fourth-order valence-corrected chi connectivity index (χ4v) is 2.31. The lowest BCUT2D eigenvalue weighted by Gasteiger charge is -2.31. The van der Waals surface area contributed by atoms with Crippen molar-refractivity contribution in [2.75, 3.05) is 7.11 Å². The van der Waals surface area contributed by atoms with Crippen LogP contribution >= 0.6 is 11.6 Å². The van der Waals surface area contributed by atoms with Gasteiger partial charge in [-0.25, -0.2) is 0 Å². The summed E-state index contributed by atoms with van der Waals surface area (Å²) in [6.45, 7) is 1.56. The van der Waals surface area contributed by atoms with Gasteiger partial charge in [0.15, 0.2) is 0 Å². The molecule has 0 bridgehead atoms. The van der Waals surface area contributed by atoms with Gasteiger partial charge >= 0.3 is 5.97 Å². The molecule has 1 aliphatic rings. The zero-order valence-corrected chi connectivity index (χ0v) is 10.2. The van der Waals surface area contributed by atoms with E-state index in [9.17, 15) is 14.4 Å². The quantitative estimate of drug-likeness (QED) is 0.430. The average Bonchev–Trinajstić information content (AvgIpc) is 2.25. The third-order valence-corrected chi connectivity index (χ3v) is 3.42. The van der Waals surface area contributed by atoms with Gasteiger partial charge in [0.05, 0.1) is 12.5 Å². The van der Waals surface area contributed by atoms with Gasteiger partial charge in [0.25, 0.3) is 0 Å². The first-order chi connectivity index (χ1) is 7.41. The molecule has 0 aromatic carbocycles. The summed E-state index contributed by atoms with van der Waals surface area (Å²) >= 11 is 5.81. The first kappa shape index (κ1) is 13.2. The van der Waals surface area contributed by atoms with Gasteiger partial charge in [0.2, 0.25) is 0 Å². The first-order valence-corrected chi connectivity index (χ1v) is 5.64. The molecule has 0 amide bonds. The zero-order valence-electron chi connectivity index (χ0n) is 9.42. The second kappa shape index (κ2) is 4.95. The van der Waals surface area contributed by atoms with E-state index in [0.717, 1.165) is 0 Å². The van der Waals surface area contributed by atoms with Crippen LogP contribution in [0.1, 0.15) is 32.6 Å². The van der Waals surface area contributed by atoms with Crippen LogP contribution in [0.3, 0.4) is 0 Å². The largest absolute Gasteiger partial charge is 0.468 e. The Labute approximate surface area is 99.3 Å². The summed E-state index contributed by atoms with van der Waals surface area (Å²) in [7, 11) is 1.23. The van der Waals surface area contributed by atoms with Crippen LogP contribution in [0.4, 0.5) is 0 Å². The summed E-state index contributed by atoms with van der Waals surface area (Å²) in [5.74, 6) is -0.856. The van der Waals surface area contributed by atoms with E-state index in [1.807, 2.05) is 0 Å². The maximum Gasteiger partial charge on any atom is 0.323 e. The molecular formula is C11H15ClO4. The van der Waals surface area contributed by atoms with E-state index in [1.165, 1.54) is 7.11 Å². The Bertz CT molecular complexity index is 308. The zero-order chi connectivity index (χ0) is 12.3. The second-order valence-corrected chi connectivity index (χ2v) is 4.75. The monoisotopic (exact) mass is 246 g/mol. The molecule has 0 saturated heterocycles. The number of hydrogen-bond donors (Lipinski definition) is 0. The molecule has 0 aromatic heterocycles. The highest BCUT2D eigenvalue weighted by molar-refractivity contribution is 6.30. The number of esters is 1. The number of alkyl halides is 1. The third-order valence-electron chi connectivity index (χ3n) is 3.08. The fourth-order valence-electron chi connectivity index (χ4n) is 1.91. The molecule has 1 unspecified atom stereocenters. The van der Waals surface area contributed by atoms with Crippen LogP contribution in [0.25, 0.3) is 0 Å². The van der Waals surface area contributed by atoms with Gasteiger partial charge < -0.3 is 4.74 Å². The molecule has 0 radical (unpaired) electrons. The second-order valence-electron chi connectivity index (χ2n) is 4.23. The molecule has 1 aliphatic carbocycles. The number of methoxy groups -OCH3 is 1. The van der Waals surface area contributed by atoms with Gasteiger partial charge in [0, 0.05) is 12.8 Å². The van der Waals surface area contributed by atoms with E-state index in [0.29, 0.717) is 19.3 Å². The Kier molecular flexibility index (Phi) is 4.08. The number of Topliss-reactive ketones (excluding diaryl/α,β-unsaturated/α-hetero) is 2. The van der Waals surface area contributed by atoms with Crippen LogP contribution in [0.2, 0.25) is 0 Å². The topological polar surface area (TPSA) is 60.4 Å². The van der Waals surface area contributed by atoms with Crippen LogP contribution in [0.5, 0.6) is 0 Å². The van der Waals surface area contributed by atoms with Crippen LogP contribution in [0, 0.1) is 5.41 Å². The molecule has 0 heterocycles. The first-order valence-electron chi connectivity index (χ1n) is 5.20. The molecule has 1 saturated carbocycles. The highest BCUT2D eigenvalue weighted by atomic mass is 35.5. The summed E-state index contributed by atoms with van der Waals surface area (Å²) < 4.78 is 4.48. The van der Waals surface area contributed by atoms with Gasteiger partial charge in [-0.3, -0.25) is 14.4 Å². The van der Waals surface area contributed by atoms with Crippen molar-refractivity contribution in [3.05, 3.63) is 0 Å². The normalized spacial score (nSPS) is 21.7. The van der Waals surface area contributed by atoms with Crippen LogP contribution in [0.15, 0.2) is 0 Å². The Hall–Kier alpha value is -0.900. The third kappa shape index (κ3) is 2.43. The number of hydrogen-bond acceptors (Lipinski definition) is 4. The summed E-state index contributed by atoms with van der Waals surface area (Å²) in [5, 5.41) is -0.944. The Morgan fingerprint density at radius 1 is 1.44 bits per heavy atom. The molecule has 16 heavy (non-hydrogen) atoms. The van der Waals surface area contributed by atoms with Crippen LogP contribution in [-0.4, -0.2) is 30.0 Å². The predicted octanol–water partition coefficient (Wildman–Crippen LogP) is 1.49. The van der Waals surface area contributed by atoms with Gasteiger partial charge in [-0.1, -0.05) is 0 Å². The van der Waals surface area contributed by atoms with Gasteiger partial charge in [-0.2, -0.15) is 0 Å². The van der Waals surface area contributed by atoms with Crippen molar-refractivity contribution in [3.8, 4) is 0 Å². The molecule has 5 heteroatoms. The Balaban J connectivity index is 2.79. The highest BCUT2D eigenvalue weighted by Crippen LogP contribution is 2.35. The minimum absolute atomic E-state index is 0.0267. The summed E-state index contributed by atoms with van der Waals surface area (Å²) in [6.07, 6.45) is 1.39. The van der Waals surface area contributed by atoms with Crippen molar-refractivity contribution in [3.63, 3.8) is 0 Å². The summed E-state index contributed by atoms with van der Waals surface area (Å²) in [6, 6.07) is 0. The van der Waals surface area contributed by atoms with E-state index >= 15 is 0 Å². The molecule has 4 nitrogen and oxygen atoms in total. The molecular weight excluding hydrogens is 232 g/mol. The summed E-state index contributed by atoms with van der Waals surface area (Å²) in [4.78, 5) is 34.6. The number of carbonyl (C=O) groups is 3. The van der Waals surface area contributed by atoms with Gasteiger partial charge in [-0.05, 0) is 19.8 Å². The van der Waals surface area contributed by atoms with Crippen molar-refractivity contribution < 1.29 is 19.1 Å². The minimum atomic E-state index is -1.11. The van der Waals surface area contributed by atoms with Crippen molar-refractivity contribution in [2.45, 2.75) is 38.0 Å². The van der Waals surface area contributed by atoms with E-state index in [4.69, 9.17) is 11.6 Å². The van der Waals surface area contributed by atoms with E-state index in [1.54, 1.807) is 6.92 Å². The van der Waals surface area contributed by atoms with E-state index < -0.39 is 16.8 Å². The van der Waals surface area contributed by atoms with Crippen molar-refractivity contribution in [1.29, 1.82) is 0 Å².